The highest BCUT2D eigenvalue weighted by Gasteiger charge is 2.16. The number of thiophene rings is 1. The number of aromatic nitrogens is 3. The first-order valence-electron chi connectivity index (χ1n) is 9.52. The van der Waals surface area contributed by atoms with Gasteiger partial charge in [-0.15, -0.1) is 11.3 Å². The van der Waals surface area contributed by atoms with Gasteiger partial charge in [-0.3, -0.25) is 4.79 Å². The van der Waals surface area contributed by atoms with Crippen LogP contribution in [-0.4, -0.2) is 27.2 Å². The molecule has 1 amide bonds. The average molecular weight is 381 g/mol. The van der Waals surface area contributed by atoms with Crippen molar-refractivity contribution in [2.24, 2.45) is 0 Å². The van der Waals surface area contributed by atoms with E-state index in [1.807, 2.05) is 23.7 Å². The van der Waals surface area contributed by atoms with Gasteiger partial charge in [-0.1, -0.05) is 17.7 Å². The molecule has 0 fully saturated rings. The minimum absolute atomic E-state index is 0.0439. The predicted octanol–water partition coefficient (Wildman–Crippen LogP) is 4.47. The molecule has 1 aliphatic rings. The highest BCUT2D eigenvalue weighted by molar-refractivity contribution is 7.09. The van der Waals surface area contributed by atoms with Crippen molar-refractivity contribution >= 4 is 28.3 Å². The van der Waals surface area contributed by atoms with Crippen molar-refractivity contribution in [1.29, 1.82) is 0 Å². The zero-order valence-corrected chi connectivity index (χ0v) is 16.4. The number of hydrogen-bond donors (Lipinski definition) is 1. The van der Waals surface area contributed by atoms with E-state index in [0.29, 0.717) is 18.7 Å². The van der Waals surface area contributed by atoms with Gasteiger partial charge >= 0.3 is 0 Å². The van der Waals surface area contributed by atoms with Gasteiger partial charge in [0.15, 0.2) is 5.65 Å². The molecule has 0 bridgehead atoms. The molecule has 1 aliphatic carbocycles. The number of nitrogens with zero attached hydrogens (tertiary/aromatic N) is 3. The maximum Gasteiger partial charge on any atom is 0.252 e. The van der Waals surface area contributed by atoms with E-state index in [2.05, 4.69) is 32.9 Å². The fraction of sp³-hybridized carbons (Fsp3) is 0.381. The van der Waals surface area contributed by atoms with Crippen LogP contribution < -0.4 is 5.32 Å². The first-order chi connectivity index (χ1) is 13.2. The van der Waals surface area contributed by atoms with Crippen molar-refractivity contribution in [2.75, 3.05) is 6.54 Å². The Bertz CT molecular complexity index is 972. The summed E-state index contributed by atoms with van der Waals surface area (Å²) < 4.78 is 1.87. The molecular formula is C21H24N4OS. The molecule has 0 radical (unpaired) electrons. The summed E-state index contributed by atoms with van der Waals surface area (Å²) in [5.41, 5.74) is 3.73. The Morgan fingerprint density at radius 2 is 2.30 bits per heavy atom. The minimum Gasteiger partial charge on any atom is -0.352 e. The third kappa shape index (κ3) is 4.11. The van der Waals surface area contributed by atoms with Gasteiger partial charge in [0.1, 0.15) is 0 Å². The maximum atomic E-state index is 12.8. The topological polar surface area (TPSA) is 59.8 Å². The number of hydrogen-bond acceptors (Lipinski definition) is 4. The van der Waals surface area contributed by atoms with Gasteiger partial charge in [0, 0.05) is 17.1 Å². The molecule has 0 aromatic carbocycles. The van der Waals surface area contributed by atoms with Crippen LogP contribution in [-0.2, 0) is 6.54 Å². The molecule has 140 valence electrons. The number of carbonyl (C=O) groups is 1. The summed E-state index contributed by atoms with van der Waals surface area (Å²) in [7, 11) is 0. The number of pyridine rings is 1. The van der Waals surface area contributed by atoms with Gasteiger partial charge < -0.3 is 5.32 Å². The number of nitrogens with one attached hydrogen (secondary N) is 1. The number of fused-ring (bicyclic) bond motifs is 1. The van der Waals surface area contributed by atoms with E-state index in [-0.39, 0.29) is 5.91 Å². The van der Waals surface area contributed by atoms with Crippen LogP contribution in [0, 0.1) is 6.92 Å². The molecule has 5 nitrogen and oxygen atoms in total. The largest absolute Gasteiger partial charge is 0.352 e. The molecule has 0 aliphatic heterocycles. The number of carbonyl (C=O) groups excluding carboxylic acids is 1. The van der Waals surface area contributed by atoms with Crippen LogP contribution >= 0.6 is 11.3 Å². The molecule has 3 aromatic heterocycles. The predicted molar refractivity (Wildman–Crippen MR) is 109 cm³/mol. The Balaban J connectivity index is 1.51. The van der Waals surface area contributed by atoms with Gasteiger partial charge in [0.2, 0.25) is 0 Å². The van der Waals surface area contributed by atoms with E-state index in [1.165, 1.54) is 36.1 Å². The van der Waals surface area contributed by atoms with Crippen molar-refractivity contribution in [3.05, 3.63) is 57.6 Å². The van der Waals surface area contributed by atoms with Gasteiger partial charge in [-0.2, -0.15) is 5.10 Å². The lowest BCUT2D eigenvalue weighted by Crippen LogP contribution is -2.25. The van der Waals surface area contributed by atoms with Gasteiger partial charge in [-0.25, -0.2) is 9.67 Å². The molecule has 0 saturated carbocycles. The highest BCUT2D eigenvalue weighted by atomic mass is 32.1. The lowest BCUT2D eigenvalue weighted by atomic mass is 9.97. The fourth-order valence-corrected chi connectivity index (χ4v) is 4.28. The van der Waals surface area contributed by atoms with E-state index in [1.54, 1.807) is 17.5 Å². The molecule has 3 aromatic rings. The zero-order valence-electron chi connectivity index (χ0n) is 15.6. The van der Waals surface area contributed by atoms with Gasteiger partial charge in [0.25, 0.3) is 5.91 Å². The second-order valence-corrected chi connectivity index (χ2v) is 8.08. The first kappa shape index (κ1) is 17.9. The molecule has 27 heavy (non-hydrogen) atoms. The number of aryl methyl sites for hydroxylation is 1. The fourth-order valence-electron chi connectivity index (χ4n) is 3.59. The normalized spacial score (nSPS) is 14.3. The van der Waals surface area contributed by atoms with Crippen molar-refractivity contribution in [2.45, 2.75) is 45.6 Å². The molecule has 0 atom stereocenters. The van der Waals surface area contributed by atoms with Crippen molar-refractivity contribution < 1.29 is 4.79 Å². The highest BCUT2D eigenvalue weighted by Crippen LogP contribution is 2.21. The van der Waals surface area contributed by atoms with E-state index in [0.717, 1.165) is 23.1 Å². The standard InChI is InChI=1S/C21H24N4OS/c1-15-12-18(21(26)22-10-9-16-6-3-2-4-7-16)19-13-23-25(20(19)24-15)14-17-8-5-11-27-17/h5-6,8,11-13H,2-4,7,9-10,14H2,1H3,(H,22,26). The quantitative estimate of drug-likeness (QED) is 0.642. The van der Waals surface area contributed by atoms with Crippen LogP contribution in [0.4, 0.5) is 0 Å². The van der Waals surface area contributed by atoms with Crippen LogP contribution in [0.5, 0.6) is 0 Å². The second-order valence-electron chi connectivity index (χ2n) is 7.04. The summed E-state index contributed by atoms with van der Waals surface area (Å²) in [6, 6.07) is 5.97. The Kier molecular flexibility index (Phi) is 5.34. The monoisotopic (exact) mass is 380 g/mol. The summed E-state index contributed by atoms with van der Waals surface area (Å²) in [5, 5.41) is 10.4. The molecule has 1 N–H and O–H groups in total. The second kappa shape index (κ2) is 8.05. The van der Waals surface area contributed by atoms with Crippen LogP contribution in [0.1, 0.15) is 53.0 Å². The third-order valence-electron chi connectivity index (χ3n) is 4.98. The van der Waals surface area contributed by atoms with Crippen molar-refractivity contribution in [3.63, 3.8) is 0 Å². The molecule has 0 saturated heterocycles. The number of allylic oxidation sites excluding steroid dienone is 1. The molecule has 0 unspecified atom stereocenters. The van der Waals surface area contributed by atoms with Crippen molar-refractivity contribution in [1.82, 2.24) is 20.1 Å². The smallest absolute Gasteiger partial charge is 0.252 e. The Hall–Kier alpha value is -2.47. The summed E-state index contributed by atoms with van der Waals surface area (Å²) in [6.07, 6.45) is 9.94. The molecule has 3 heterocycles. The van der Waals surface area contributed by atoms with E-state index >= 15 is 0 Å². The van der Waals surface area contributed by atoms with E-state index in [4.69, 9.17) is 0 Å². The average Bonchev–Trinajstić information content (AvgIpc) is 3.33. The summed E-state index contributed by atoms with van der Waals surface area (Å²) in [6.45, 7) is 3.27. The summed E-state index contributed by atoms with van der Waals surface area (Å²) in [5.74, 6) is -0.0439. The Labute approximate surface area is 163 Å². The summed E-state index contributed by atoms with van der Waals surface area (Å²) in [4.78, 5) is 18.6. The molecular weight excluding hydrogens is 356 g/mol. The van der Waals surface area contributed by atoms with Crippen LogP contribution in [0.25, 0.3) is 11.0 Å². The SMILES string of the molecule is Cc1cc(C(=O)NCCC2=CCCCC2)c2cnn(Cc3cccs3)c2n1. The number of rotatable bonds is 6. The van der Waals surface area contributed by atoms with Crippen LogP contribution in [0.15, 0.2) is 41.4 Å². The lowest BCUT2D eigenvalue weighted by Gasteiger charge is -2.13. The molecule has 4 rings (SSSR count). The first-order valence-corrected chi connectivity index (χ1v) is 10.4. The van der Waals surface area contributed by atoms with E-state index in [9.17, 15) is 4.79 Å². The lowest BCUT2D eigenvalue weighted by molar-refractivity contribution is 0.0955. The molecule has 0 spiro atoms. The van der Waals surface area contributed by atoms with Crippen LogP contribution in [0.2, 0.25) is 0 Å². The minimum atomic E-state index is -0.0439. The zero-order chi connectivity index (χ0) is 18.6. The van der Waals surface area contributed by atoms with Gasteiger partial charge in [-0.05, 0) is 56.5 Å². The number of amides is 1. The molecule has 6 heteroatoms. The Morgan fingerprint density at radius 3 is 3.07 bits per heavy atom. The third-order valence-corrected chi connectivity index (χ3v) is 5.85. The maximum absolute atomic E-state index is 12.8. The van der Waals surface area contributed by atoms with Crippen LogP contribution in [0.3, 0.4) is 0 Å². The van der Waals surface area contributed by atoms with Gasteiger partial charge in [0.05, 0.1) is 23.7 Å². The van der Waals surface area contributed by atoms with E-state index < -0.39 is 0 Å². The van der Waals surface area contributed by atoms with Crippen molar-refractivity contribution in [3.8, 4) is 0 Å². The summed E-state index contributed by atoms with van der Waals surface area (Å²) >= 11 is 1.70. The Morgan fingerprint density at radius 1 is 1.37 bits per heavy atom.